The van der Waals surface area contributed by atoms with E-state index >= 15 is 0 Å². The molecule has 1 saturated heterocycles. The minimum atomic E-state index is -0.0438. The third-order valence-electron chi connectivity index (χ3n) is 11.7. The lowest BCUT2D eigenvalue weighted by Gasteiger charge is -2.60. The van der Waals surface area contributed by atoms with Gasteiger partial charge in [0.25, 0.3) is 0 Å². The summed E-state index contributed by atoms with van der Waals surface area (Å²) in [5.74, 6) is 1.51. The minimum absolute atomic E-state index is 0.0438. The molecular weight excluding hydrogens is 414 g/mol. The van der Waals surface area contributed by atoms with Crippen molar-refractivity contribution in [3.05, 3.63) is 52.6 Å². The summed E-state index contributed by atoms with van der Waals surface area (Å²) < 4.78 is 0. The van der Waals surface area contributed by atoms with Gasteiger partial charge in [-0.05, 0) is 103 Å². The Morgan fingerprint density at radius 2 is 1.50 bits per heavy atom. The van der Waals surface area contributed by atoms with Gasteiger partial charge in [-0.25, -0.2) is 0 Å². The van der Waals surface area contributed by atoms with Crippen molar-refractivity contribution in [1.29, 1.82) is 5.26 Å². The van der Waals surface area contributed by atoms with Gasteiger partial charge in [0.1, 0.15) is 6.17 Å². The molecule has 0 amide bonds. The van der Waals surface area contributed by atoms with Crippen LogP contribution in [0.5, 0.6) is 0 Å². The third kappa shape index (κ3) is 2.08. The van der Waals surface area contributed by atoms with Crippen molar-refractivity contribution in [2.24, 2.45) is 10.8 Å². The molecule has 3 heterocycles. The average Bonchev–Trinajstić information content (AvgIpc) is 3.33. The van der Waals surface area contributed by atoms with Gasteiger partial charge in [-0.2, -0.15) is 5.26 Å². The molecule has 2 bridgehead atoms. The van der Waals surface area contributed by atoms with Crippen LogP contribution in [0.3, 0.4) is 0 Å². The fraction of sp³-hybridized carbons (Fsp3) is 0.581. The van der Waals surface area contributed by atoms with Crippen molar-refractivity contribution in [3.8, 4) is 6.07 Å². The molecule has 0 aromatic heterocycles. The first-order valence-electron chi connectivity index (χ1n) is 13.6. The molecule has 0 N–H and O–H groups in total. The molecule has 0 spiro atoms. The fourth-order valence-corrected chi connectivity index (χ4v) is 9.41. The zero-order valence-corrected chi connectivity index (χ0v) is 21.4. The molecule has 3 aliphatic heterocycles. The Bertz CT molecular complexity index is 1250. The average molecular weight is 452 g/mol. The summed E-state index contributed by atoms with van der Waals surface area (Å²) in [6.07, 6.45) is 8.19. The highest BCUT2D eigenvalue weighted by Crippen LogP contribution is 2.72. The number of anilines is 3. The maximum atomic E-state index is 9.77. The lowest BCUT2D eigenvalue weighted by atomic mass is 9.48. The Hall–Kier alpha value is -2.47. The molecule has 3 nitrogen and oxygen atoms in total. The molecule has 1 saturated carbocycles. The largest absolute Gasteiger partial charge is 0.348 e. The van der Waals surface area contributed by atoms with E-state index in [1.54, 1.807) is 11.1 Å². The predicted octanol–water partition coefficient (Wildman–Crippen LogP) is 7.71. The highest BCUT2D eigenvalue weighted by Gasteiger charge is 2.71. The Labute approximate surface area is 204 Å². The molecule has 8 rings (SSSR count). The van der Waals surface area contributed by atoms with Crippen LogP contribution in [-0.2, 0) is 5.41 Å². The number of benzene rings is 2. The van der Waals surface area contributed by atoms with Crippen LogP contribution >= 0.6 is 0 Å². The quantitative estimate of drug-likeness (QED) is 0.468. The molecule has 2 aromatic rings. The predicted molar refractivity (Wildman–Crippen MR) is 139 cm³/mol. The summed E-state index contributed by atoms with van der Waals surface area (Å²) >= 11 is 0. The van der Waals surface area contributed by atoms with Crippen molar-refractivity contribution in [1.82, 2.24) is 0 Å². The maximum Gasteiger partial charge on any atom is 0.113 e. The summed E-state index contributed by atoms with van der Waals surface area (Å²) in [7, 11) is 0. The van der Waals surface area contributed by atoms with E-state index in [2.05, 4.69) is 74.8 Å². The molecular formula is C31H37N3. The van der Waals surface area contributed by atoms with Gasteiger partial charge >= 0.3 is 0 Å². The van der Waals surface area contributed by atoms with Crippen LogP contribution in [-0.4, -0.2) is 12.7 Å². The molecule has 0 radical (unpaired) electrons. The maximum absolute atomic E-state index is 9.77. The monoisotopic (exact) mass is 451 g/mol. The van der Waals surface area contributed by atoms with Gasteiger partial charge in [-0.3, -0.25) is 0 Å². The van der Waals surface area contributed by atoms with E-state index in [1.165, 1.54) is 61.2 Å². The first kappa shape index (κ1) is 20.9. The van der Waals surface area contributed by atoms with Gasteiger partial charge in [-0.15, -0.1) is 0 Å². The van der Waals surface area contributed by atoms with E-state index in [0.29, 0.717) is 6.17 Å². The summed E-state index contributed by atoms with van der Waals surface area (Å²) in [5, 5.41) is 9.77. The van der Waals surface area contributed by atoms with Crippen molar-refractivity contribution < 1.29 is 0 Å². The van der Waals surface area contributed by atoms with Crippen molar-refractivity contribution in [2.75, 3.05) is 16.3 Å². The molecule has 2 unspecified atom stereocenters. The second-order valence-corrected chi connectivity index (χ2v) is 12.5. The number of rotatable bonds is 2. The lowest BCUT2D eigenvalue weighted by Crippen LogP contribution is -2.62. The normalized spacial score (nSPS) is 32.6. The highest BCUT2D eigenvalue weighted by molar-refractivity contribution is 5.89. The van der Waals surface area contributed by atoms with E-state index in [-0.39, 0.29) is 16.2 Å². The van der Waals surface area contributed by atoms with Crippen molar-refractivity contribution in [3.63, 3.8) is 0 Å². The van der Waals surface area contributed by atoms with E-state index in [9.17, 15) is 5.26 Å². The summed E-state index contributed by atoms with van der Waals surface area (Å²) in [6, 6.07) is 14.1. The van der Waals surface area contributed by atoms with Crippen molar-refractivity contribution >= 4 is 17.1 Å². The van der Waals surface area contributed by atoms with Gasteiger partial charge in [0, 0.05) is 23.1 Å². The van der Waals surface area contributed by atoms with Gasteiger partial charge in [0.2, 0.25) is 0 Å². The van der Waals surface area contributed by atoms with Crippen LogP contribution in [0.1, 0.15) is 107 Å². The second-order valence-electron chi connectivity index (χ2n) is 12.5. The van der Waals surface area contributed by atoms with Gasteiger partial charge in [-0.1, -0.05) is 34.6 Å². The smallest absolute Gasteiger partial charge is 0.113 e. The molecule has 176 valence electrons. The first-order chi connectivity index (χ1) is 16.3. The van der Waals surface area contributed by atoms with E-state index in [1.807, 2.05) is 6.07 Å². The zero-order valence-electron chi connectivity index (χ0n) is 21.4. The lowest BCUT2D eigenvalue weighted by molar-refractivity contribution is -0.00128. The summed E-state index contributed by atoms with van der Waals surface area (Å²) in [4.78, 5) is 5.50. The summed E-state index contributed by atoms with van der Waals surface area (Å²) in [6.45, 7) is 13.4. The van der Waals surface area contributed by atoms with E-state index in [0.717, 1.165) is 23.9 Å². The van der Waals surface area contributed by atoms with Crippen LogP contribution in [0.2, 0.25) is 0 Å². The van der Waals surface area contributed by atoms with Crippen LogP contribution in [0.25, 0.3) is 0 Å². The molecule has 2 aromatic carbocycles. The third-order valence-corrected chi connectivity index (χ3v) is 11.7. The van der Waals surface area contributed by atoms with Crippen LogP contribution in [0.15, 0.2) is 30.3 Å². The summed E-state index contributed by atoms with van der Waals surface area (Å²) in [5.41, 5.74) is 9.89. The number of fused-ring (bicyclic) bond motifs is 7. The zero-order chi connectivity index (χ0) is 23.6. The Balaban J connectivity index is 1.55. The fourth-order valence-electron chi connectivity index (χ4n) is 9.41. The highest BCUT2D eigenvalue weighted by atomic mass is 15.5. The van der Waals surface area contributed by atoms with Crippen LogP contribution < -0.4 is 9.80 Å². The van der Waals surface area contributed by atoms with E-state index in [4.69, 9.17) is 0 Å². The Kier molecular flexibility index (Phi) is 3.92. The molecule has 3 aliphatic carbocycles. The van der Waals surface area contributed by atoms with Gasteiger partial charge in [0.05, 0.1) is 23.0 Å². The molecule has 3 heteroatoms. The standard InChI is InChI=1S/C31H37N3/c1-6-31(7-2)18-33-26-15-22-20-9-11-21(12-10-20)23(22)16-27(26)34-25-13-8-19(17-32)14-24(25)29(3,4)30(31,5)28(33)34/h8,13-16,20-21,28H,6-7,9-12,18H2,1-5H3. The molecule has 2 fully saturated rings. The SMILES string of the molecule is CCC1(CC)CN2c3cc4c(cc3N3c5ccc(C#N)cc5C(C)(C)C1(C)C23)C1CCC4CC1. The number of hydrogen-bond donors (Lipinski definition) is 0. The number of nitriles is 1. The van der Waals surface area contributed by atoms with Crippen LogP contribution in [0.4, 0.5) is 17.1 Å². The van der Waals surface area contributed by atoms with E-state index < -0.39 is 0 Å². The molecule has 34 heavy (non-hydrogen) atoms. The minimum Gasteiger partial charge on any atom is -0.348 e. The van der Waals surface area contributed by atoms with Gasteiger partial charge < -0.3 is 9.80 Å². The second kappa shape index (κ2) is 6.39. The first-order valence-corrected chi connectivity index (χ1v) is 13.6. The van der Waals surface area contributed by atoms with Crippen LogP contribution in [0, 0.1) is 22.2 Å². The van der Waals surface area contributed by atoms with Crippen molar-refractivity contribution in [2.45, 2.75) is 96.6 Å². The number of hydrogen-bond acceptors (Lipinski definition) is 3. The number of nitrogens with zero attached hydrogens (tertiary/aromatic N) is 3. The molecule has 2 atom stereocenters. The topological polar surface area (TPSA) is 30.3 Å². The Morgan fingerprint density at radius 1 is 0.882 bits per heavy atom. The molecule has 6 aliphatic rings. The Morgan fingerprint density at radius 3 is 2.09 bits per heavy atom. The van der Waals surface area contributed by atoms with Gasteiger partial charge in [0.15, 0.2) is 0 Å².